The molecule has 0 radical (unpaired) electrons. The van der Waals surface area contributed by atoms with Crippen LogP contribution in [0.15, 0.2) is 0 Å². The van der Waals surface area contributed by atoms with E-state index in [1.165, 1.54) is 23.9 Å². The molecule has 9 heteroatoms. The van der Waals surface area contributed by atoms with Crippen molar-refractivity contribution in [3.63, 3.8) is 0 Å². The molecule has 0 aliphatic carbocycles. The van der Waals surface area contributed by atoms with Gasteiger partial charge in [-0.2, -0.15) is 0 Å². The van der Waals surface area contributed by atoms with E-state index in [4.69, 9.17) is 11.5 Å². The van der Waals surface area contributed by atoms with Gasteiger partial charge in [0.2, 0.25) is 0 Å². The predicted octanol–water partition coefficient (Wildman–Crippen LogP) is -2.03. The maximum atomic E-state index is 11.6. The van der Waals surface area contributed by atoms with Gasteiger partial charge >= 0.3 is 18.1 Å². The summed E-state index contributed by atoms with van der Waals surface area (Å²) in [6, 6.07) is -1.95. The first kappa shape index (κ1) is 11.9. The molecule has 6 amide bonds. The molecular formula is C7H14N6O3. The van der Waals surface area contributed by atoms with Crippen molar-refractivity contribution < 1.29 is 14.4 Å². The standard InChI is InChI=1S/C7H14N6O3/c1-12-3(10-5(8)14)4(11-6(9)15)13(2)7(12)16/h3-4H,1-2H3,(H3,8,10,14)(H3,9,11,15)/t3-,4+. The van der Waals surface area contributed by atoms with E-state index in [2.05, 4.69) is 10.6 Å². The maximum Gasteiger partial charge on any atom is 0.323 e. The summed E-state index contributed by atoms with van der Waals surface area (Å²) < 4.78 is 0. The van der Waals surface area contributed by atoms with Gasteiger partial charge in [0.05, 0.1) is 0 Å². The Morgan fingerprint density at radius 1 is 1.06 bits per heavy atom. The fraction of sp³-hybridized carbons (Fsp3) is 0.571. The molecule has 0 bridgehead atoms. The molecule has 6 N–H and O–H groups in total. The topological polar surface area (TPSA) is 134 Å². The highest BCUT2D eigenvalue weighted by Crippen LogP contribution is 2.15. The molecule has 0 aromatic heterocycles. The molecular weight excluding hydrogens is 216 g/mol. The molecule has 0 aromatic rings. The second-order valence-electron chi connectivity index (χ2n) is 3.41. The number of nitrogens with zero attached hydrogens (tertiary/aromatic N) is 2. The number of primary amides is 2. The molecule has 2 atom stereocenters. The molecule has 90 valence electrons. The third-order valence-electron chi connectivity index (χ3n) is 2.32. The number of likely N-dealkylation sites (N-methyl/N-ethyl adjacent to an activating group) is 2. The van der Waals surface area contributed by atoms with E-state index in [0.29, 0.717) is 0 Å². The SMILES string of the molecule is CN1C(=O)N(C)[C@@H](NC(N)=O)[C@H]1NC(N)=O. The first-order valence-electron chi connectivity index (χ1n) is 4.46. The average Bonchev–Trinajstić information content (AvgIpc) is 2.34. The van der Waals surface area contributed by atoms with E-state index >= 15 is 0 Å². The summed E-state index contributed by atoms with van der Waals surface area (Å²) in [4.78, 5) is 35.6. The Balaban J connectivity index is 2.87. The summed E-state index contributed by atoms with van der Waals surface area (Å²) in [7, 11) is 2.95. The fourth-order valence-corrected chi connectivity index (χ4v) is 1.55. The zero-order valence-corrected chi connectivity index (χ0v) is 8.93. The minimum Gasteiger partial charge on any atom is -0.352 e. The van der Waals surface area contributed by atoms with E-state index in [-0.39, 0.29) is 6.03 Å². The van der Waals surface area contributed by atoms with Crippen LogP contribution < -0.4 is 22.1 Å². The van der Waals surface area contributed by atoms with Gasteiger partial charge in [0, 0.05) is 14.1 Å². The number of hydrogen-bond acceptors (Lipinski definition) is 3. The zero-order chi connectivity index (χ0) is 12.5. The van der Waals surface area contributed by atoms with Crippen LogP contribution in [0.4, 0.5) is 14.4 Å². The highest BCUT2D eigenvalue weighted by atomic mass is 16.2. The van der Waals surface area contributed by atoms with Crippen LogP contribution in [-0.2, 0) is 0 Å². The number of carbonyl (C=O) groups excluding carboxylic acids is 3. The third kappa shape index (κ3) is 2.07. The lowest BCUT2D eigenvalue weighted by Crippen LogP contribution is -2.58. The number of urea groups is 3. The number of carbonyl (C=O) groups is 3. The van der Waals surface area contributed by atoms with Crippen molar-refractivity contribution in [3.8, 4) is 0 Å². The summed E-state index contributed by atoms with van der Waals surface area (Å²) in [5, 5.41) is 4.68. The lowest BCUT2D eigenvalue weighted by molar-refractivity contribution is 0.197. The second-order valence-corrected chi connectivity index (χ2v) is 3.41. The van der Waals surface area contributed by atoms with Gasteiger partial charge in [-0.25, -0.2) is 14.4 Å². The minimum absolute atomic E-state index is 0.363. The molecule has 16 heavy (non-hydrogen) atoms. The molecule has 0 aromatic carbocycles. The Morgan fingerprint density at radius 3 is 1.62 bits per heavy atom. The van der Waals surface area contributed by atoms with Gasteiger partial charge in [-0.1, -0.05) is 0 Å². The third-order valence-corrected chi connectivity index (χ3v) is 2.32. The molecule has 9 nitrogen and oxygen atoms in total. The van der Waals surface area contributed by atoms with Crippen LogP contribution >= 0.6 is 0 Å². The molecule has 0 unspecified atom stereocenters. The highest BCUT2D eigenvalue weighted by molar-refractivity contribution is 5.81. The largest absolute Gasteiger partial charge is 0.352 e. The van der Waals surface area contributed by atoms with E-state index in [1.54, 1.807) is 0 Å². The summed E-state index contributed by atoms with van der Waals surface area (Å²) in [5.74, 6) is 0. The summed E-state index contributed by atoms with van der Waals surface area (Å²) in [6.45, 7) is 0. The van der Waals surface area contributed by atoms with Crippen LogP contribution in [0.3, 0.4) is 0 Å². The Labute approximate surface area is 91.7 Å². The Hall–Kier alpha value is -2.19. The van der Waals surface area contributed by atoms with Crippen LogP contribution in [0.1, 0.15) is 0 Å². The van der Waals surface area contributed by atoms with Crippen molar-refractivity contribution in [1.82, 2.24) is 20.4 Å². The van der Waals surface area contributed by atoms with E-state index in [9.17, 15) is 14.4 Å². The van der Waals surface area contributed by atoms with E-state index in [1.807, 2.05) is 0 Å². The van der Waals surface area contributed by atoms with Crippen molar-refractivity contribution in [2.24, 2.45) is 11.5 Å². The number of hydrogen-bond donors (Lipinski definition) is 4. The molecule has 1 saturated heterocycles. The number of nitrogens with two attached hydrogens (primary N) is 2. The van der Waals surface area contributed by atoms with Gasteiger partial charge in [0.25, 0.3) is 0 Å². The lowest BCUT2D eigenvalue weighted by atomic mass is 10.3. The Bertz CT molecular complexity index is 302. The predicted molar refractivity (Wildman–Crippen MR) is 53.9 cm³/mol. The lowest BCUT2D eigenvalue weighted by Gasteiger charge is -2.25. The van der Waals surface area contributed by atoms with Gasteiger partial charge in [-0.05, 0) is 0 Å². The molecule has 1 aliphatic heterocycles. The quantitative estimate of drug-likeness (QED) is 0.436. The number of nitrogens with one attached hydrogen (secondary N) is 2. The molecule has 1 aliphatic rings. The molecule has 1 heterocycles. The normalized spacial score (nSPS) is 24.5. The number of rotatable bonds is 2. The van der Waals surface area contributed by atoms with Crippen LogP contribution in [0.5, 0.6) is 0 Å². The van der Waals surface area contributed by atoms with Gasteiger partial charge in [0.1, 0.15) is 12.3 Å². The van der Waals surface area contributed by atoms with Crippen LogP contribution in [-0.4, -0.2) is 54.3 Å². The molecule has 1 rings (SSSR count). The van der Waals surface area contributed by atoms with Crippen LogP contribution in [0, 0.1) is 0 Å². The maximum absolute atomic E-state index is 11.6. The van der Waals surface area contributed by atoms with Gasteiger partial charge in [0.15, 0.2) is 0 Å². The summed E-state index contributed by atoms with van der Waals surface area (Å²) in [6.07, 6.45) is -1.50. The monoisotopic (exact) mass is 230 g/mol. The Kier molecular flexibility index (Phi) is 3.06. The zero-order valence-electron chi connectivity index (χ0n) is 8.93. The van der Waals surface area contributed by atoms with Crippen molar-refractivity contribution in [3.05, 3.63) is 0 Å². The van der Waals surface area contributed by atoms with Crippen molar-refractivity contribution >= 4 is 18.1 Å². The van der Waals surface area contributed by atoms with E-state index in [0.717, 1.165) is 0 Å². The molecule has 0 saturated carbocycles. The fourth-order valence-electron chi connectivity index (χ4n) is 1.55. The molecule has 1 fully saturated rings. The average molecular weight is 230 g/mol. The second kappa shape index (κ2) is 4.13. The molecule has 0 spiro atoms. The van der Waals surface area contributed by atoms with Crippen molar-refractivity contribution in [1.29, 1.82) is 0 Å². The smallest absolute Gasteiger partial charge is 0.323 e. The summed E-state index contributed by atoms with van der Waals surface area (Å²) >= 11 is 0. The first-order chi connectivity index (χ1) is 7.34. The van der Waals surface area contributed by atoms with Gasteiger partial charge in [-0.3, -0.25) is 0 Å². The van der Waals surface area contributed by atoms with Crippen molar-refractivity contribution in [2.75, 3.05) is 14.1 Å². The van der Waals surface area contributed by atoms with E-state index < -0.39 is 24.4 Å². The first-order valence-corrected chi connectivity index (χ1v) is 4.46. The summed E-state index contributed by atoms with van der Waals surface area (Å²) in [5.41, 5.74) is 9.94. The van der Waals surface area contributed by atoms with Crippen LogP contribution in [0.25, 0.3) is 0 Å². The van der Waals surface area contributed by atoms with Gasteiger partial charge < -0.3 is 31.9 Å². The number of amides is 6. The Morgan fingerprint density at radius 2 is 1.38 bits per heavy atom. The minimum atomic E-state index is -0.795. The van der Waals surface area contributed by atoms with Gasteiger partial charge in [-0.15, -0.1) is 0 Å². The van der Waals surface area contributed by atoms with Crippen molar-refractivity contribution in [2.45, 2.75) is 12.3 Å². The van der Waals surface area contributed by atoms with Crippen LogP contribution in [0.2, 0.25) is 0 Å². The highest BCUT2D eigenvalue weighted by Gasteiger charge is 2.43.